The van der Waals surface area contributed by atoms with E-state index < -0.39 is 6.09 Å². The number of ether oxygens (including phenoxy) is 2. The molecule has 1 aliphatic rings. The van der Waals surface area contributed by atoms with Gasteiger partial charge in [-0.05, 0) is 37.5 Å². The summed E-state index contributed by atoms with van der Waals surface area (Å²) >= 11 is 0. The molecule has 1 atom stereocenters. The van der Waals surface area contributed by atoms with Crippen LogP contribution in [-0.4, -0.2) is 49.7 Å². The number of carbonyl (C=O) groups is 2. The van der Waals surface area contributed by atoms with Crippen LogP contribution in [0.4, 0.5) is 4.79 Å². The summed E-state index contributed by atoms with van der Waals surface area (Å²) < 4.78 is 10.1. The standard InChI is InChI=1S/C17H24N2O4/c1-3-23-17(21)18-14-7-5-9-19(12-14)16(20)11-13-6-4-8-15(10-13)22-2/h4,6,8,10,14H,3,5,7,9,11-12H2,1-2H3,(H,18,21)/t14-/m0/s1. The van der Waals surface area contributed by atoms with Crippen LogP contribution in [0.2, 0.25) is 0 Å². The zero-order valence-electron chi connectivity index (χ0n) is 13.7. The Hall–Kier alpha value is -2.24. The third kappa shape index (κ3) is 5.16. The Morgan fingerprint density at radius 1 is 1.39 bits per heavy atom. The minimum atomic E-state index is -0.417. The van der Waals surface area contributed by atoms with Gasteiger partial charge in [-0.25, -0.2) is 4.79 Å². The maximum absolute atomic E-state index is 12.5. The molecule has 126 valence electrons. The van der Waals surface area contributed by atoms with Gasteiger partial charge in [0.15, 0.2) is 0 Å². The molecule has 0 radical (unpaired) electrons. The first-order valence-electron chi connectivity index (χ1n) is 7.96. The van der Waals surface area contributed by atoms with E-state index in [2.05, 4.69) is 5.32 Å². The van der Waals surface area contributed by atoms with E-state index >= 15 is 0 Å². The first kappa shape index (κ1) is 17.1. The summed E-state index contributed by atoms with van der Waals surface area (Å²) in [7, 11) is 1.61. The molecule has 1 aliphatic heterocycles. The highest BCUT2D eigenvalue weighted by molar-refractivity contribution is 5.79. The molecular formula is C17H24N2O4. The fourth-order valence-electron chi connectivity index (χ4n) is 2.73. The number of alkyl carbamates (subject to hydrolysis) is 1. The maximum atomic E-state index is 12.5. The van der Waals surface area contributed by atoms with Crippen LogP contribution < -0.4 is 10.1 Å². The van der Waals surface area contributed by atoms with Crippen molar-refractivity contribution in [2.45, 2.75) is 32.2 Å². The van der Waals surface area contributed by atoms with Gasteiger partial charge in [0.1, 0.15) is 5.75 Å². The van der Waals surface area contributed by atoms with Gasteiger partial charge in [0, 0.05) is 19.1 Å². The number of methoxy groups -OCH3 is 1. The zero-order chi connectivity index (χ0) is 16.7. The number of amides is 2. The highest BCUT2D eigenvalue weighted by atomic mass is 16.5. The molecule has 6 nitrogen and oxygen atoms in total. The van der Waals surface area contributed by atoms with E-state index in [0.717, 1.165) is 30.7 Å². The molecule has 0 saturated carbocycles. The normalized spacial score (nSPS) is 17.5. The van der Waals surface area contributed by atoms with Crippen molar-refractivity contribution < 1.29 is 19.1 Å². The summed E-state index contributed by atoms with van der Waals surface area (Å²) in [5, 5.41) is 2.81. The van der Waals surface area contributed by atoms with E-state index in [-0.39, 0.29) is 11.9 Å². The Kier molecular flexibility index (Phi) is 6.26. The van der Waals surface area contributed by atoms with Crippen molar-refractivity contribution in [1.82, 2.24) is 10.2 Å². The highest BCUT2D eigenvalue weighted by Gasteiger charge is 2.25. The molecule has 2 amide bonds. The van der Waals surface area contributed by atoms with Crippen molar-refractivity contribution in [2.24, 2.45) is 0 Å². The molecule has 2 rings (SSSR count). The fourth-order valence-corrected chi connectivity index (χ4v) is 2.73. The molecule has 1 aromatic rings. The van der Waals surface area contributed by atoms with Gasteiger partial charge in [0.05, 0.1) is 20.1 Å². The molecule has 0 unspecified atom stereocenters. The summed E-state index contributed by atoms with van der Waals surface area (Å²) in [5.41, 5.74) is 0.926. The largest absolute Gasteiger partial charge is 0.497 e. The van der Waals surface area contributed by atoms with Crippen LogP contribution in [0.3, 0.4) is 0 Å². The summed E-state index contributed by atoms with van der Waals surface area (Å²) in [6, 6.07) is 7.48. The van der Waals surface area contributed by atoms with Crippen LogP contribution in [0.1, 0.15) is 25.3 Å². The van der Waals surface area contributed by atoms with Crippen molar-refractivity contribution >= 4 is 12.0 Å². The molecule has 0 aliphatic carbocycles. The van der Waals surface area contributed by atoms with Crippen molar-refractivity contribution in [2.75, 3.05) is 26.8 Å². The molecule has 0 spiro atoms. The Morgan fingerprint density at radius 3 is 2.96 bits per heavy atom. The number of hydrogen-bond donors (Lipinski definition) is 1. The van der Waals surface area contributed by atoms with Gasteiger partial charge in [-0.2, -0.15) is 0 Å². The molecule has 0 aromatic heterocycles. The third-order valence-electron chi connectivity index (χ3n) is 3.86. The van der Waals surface area contributed by atoms with E-state index in [1.165, 1.54) is 0 Å². The van der Waals surface area contributed by atoms with E-state index in [1.807, 2.05) is 24.3 Å². The van der Waals surface area contributed by atoms with E-state index in [4.69, 9.17) is 9.47 Å². The van der Waals surface area contributed by atoms with Gasteiger partial charge in [0.25, 0.3) is 0 Å². The number of rotatable bonds is 5. The number of piperidine rings is 1. The first-order valence-corrected chi connectivity index (χ1v) is 7.96. The summed E-state index contributed by atoms with van der Waals surface area (Å²) in [6.07, 6.45) is 1.66. The third-order valence-corrected chi connectivity index (χ3v) is 3.86. The Morgan fingerprint density at radius 2 is 2.22 bits per heavy atom. The predicted molar refractivity (Wildman–Crippen MR) is 86.5 cm³/mol. The van der Waals surface area contributed by atoms with Crippen molar-refractivity contribution in [3.63, 3.8) is 0 Å². The molecular weight excluding hydrogens is 296 g/mol. The van der Waals surface area contributed by atoms with Gasteiger partial charge >= 0.3 is 6.09 Å². The summed E-state index contributed by atoms with van der Waals surface area (Å²) in [4.78, 5) is 25.8. The molecule has 1 heterocycles. The van der Waals surface area contributed by atoms with Crippen molar-refractivity contribution in [3.05, 3.63) is 29.8 Å². The lowest BCUT2D eigenvalue weighted by Crippen LogP contribution is -2.50. The van der Waals surface area contributed by atoms with Crippen LogP contribution in [0.15, 0.2) is 24.3 Å². The first-order chi connectivity index (χ1) is 11.1. The molecule has 23 heavy (non-hydrogen) atoms. The molecule has 0 bridgehead atoms. The fraction of sp³-hybridized carbons (Fsp3) is 0.529. The van der Waals surface area contributed by atoms with E-state index in [1.54, 1.807) is 18.9 Å². The Labute approximate surface area is 136 Å². The van der Waals surface area contributed by atoms with Gasteiger partial charge in [-0.1, -0.05) is 12.1 Å². The number of nitrogens with zero attached hydrogens (tertiary/aromatic N) is 1. The highest BCUT2D eigenvalue weighted by Crippen LogP contribution is 2.16. The summed E-state index contributed by atoms with van der Waals surface area (Å²) in [6.45, 7) is 3.37. The van der Waals surface area contributed by atoms with E-state index in [0.29, 0.717) is 19.6 Å². The lowest BCUT2D eigenvalue weighted by molar-refractivity contribution is -0.131. The second-order valence-electron chi connectivity index (χ2n) is 5.57. The average Bonchev–Trinajstić information content (AvgIpc) is 2.55. The van der Waals surface area contributed by atoms with E-state index in [9.17, 15) is 9.59 Å². The SMILES string of the molecule is CCOC(=O)N[C@H]1CCCN(C(=O)Cc2cccc(OC)c2)C1. The van der Waals surface area contributed by atoms with Crippen LogP contribution in [-0.2, 0) is 16.0 Å². The quantitative estimate of drug-likeness (QED) is 0.901. The number of likely N-dealkylation sites (tertiary alicyclic amines) is 1. The van der Waals surface area contributed by atoms with Crippen LogP contribution >= 0.6 is 0 Å². The lowest BCUT2D eigenvalue weighted by atomic mass is 10.0. The van der Waals surface area contributed by atoms with Crippen LogP contribution in [0.25, 0.3) is 0 Å². The van der Waals surface area contributed by atoms with Gasteiger partial charge < -0.3 is 19.7 Å². The molecule has 1 N–H and O–H groups in total. The second-order valence-corrected chi connectivity index (χ2v) is 5.57. The van der Waals surface area contributed by atoms with Gasteiger partial charge in [-0.15, -0.1) is 0 Å². The lowest BCUT2D eigenvalue weighted by Gasteiger charge is -2.33. The van der Waals surface area contributed by atoms with Crippen molar-refractivity contribution in [1.29, 1.82) is 0 Å². The summed E-state index contributed by atoms with van der Waals surface area (Å²) in [5.74, 6) is 0.810. The van der Waals surface area contributed by atoms with Gasteiger partial charge in [-0.3, -0.25) is 4.79 Å². The van der Waals surface area contributed by atoms with Crippen molar-refractivity contribution in [3.8, 4) is 5.75 Å². The predicted octanol–water partition coefficient (Wildman–Crippen LogP) is 1.97. The average molecular weight is 320 g/mol. The van der Waals surface area contributed by atoms with Gasteiger partial charge in [0.2, 0.25) is 5.91 Å². The zero-order valence-corrected chi connectivity index (χ0v) is 13.7. The van der Waals surface area contributed by atoms with Crippen LogP contribution in [0, 0.1) is 0 Å². The van der Waals surface area contributed by atoms with Crippen LogP contribution in [0.5, 0.6) is 5.75 Å². The number of nitrogens with one attached hydrogen (secondary N) is 1. The minimum absolute atomic E-state index is 0.0444. The topological polar surface area (TPSA) is 67.9 Å². The Bertz CT molecular complexity index is 547. The molecule has 6 heteroatoms. The molecule has 1 saturated heterocycles. The maximum Gasteiger partial charge on any atom is 0.407 e. The minimum Gasteiger partial charge on any atom is -0.497 e. The monoisotopic (exact) mass is 320 g/mol. The number of hydrogen-bond acceptors (Lipinski definition) is 4. The Balaban J connectivity index is 1.89. The number of benzene rings is 1. The second kappa shape index (κ2) is 8.41. The number of carbonyl (C=O) groups excluding carboxylic acids is 2. The molecule has 1 aromatic carbocycles. The molecule has 1 fully saturated rings. The smallest absolute Gasteiger partial charge is 0.407 e.